The summed E-state index contributed by atoms with van der Waals surface area (Å²) in [6.45, 7) is 7.22. The molecule has 0 unspecified atom stereocenters. The van der Waals surface area contributed by atoms with Gasteiger partial charge in [-0.2, -0.15) is 4.31 Å². The van der Waals surface area contributed by atoms with Gasteiger partial charge in [-0.25, -0.2) is 13.2 Å². The van der Waals surface area contributed by atoms with Crippen LogP contribution in [-0.2, 0) is 10.0 Å². The normalized spacial score (nSPS) is 12.7. The molecule has 0 heterocycles. The summed E-state index contributed by atoms with van der Waals surface area (Å²) in [7, 11) is -2.29. The fourth-order valence-corrected chi connectivity index (χ4v) is 4.32. The van der Waals surface area contributed by atoms with Gasteiger partial charge in [-0.1, -0.05) is 6.92 Å². The van der Waals surface area contributed by atoms with Crippen molar-refractivity contribution in [1.29, 1.82) is 0 Å². The zero-order valence-electron chi connectivity index (χ0n) is 12.8. The van der Waals surface area contributed by atoms with E-state index in [4.69, 9.17) is 5.11 Å². The van der Waals surface area contributed by atoms with Crippen LogP contribution in [0.15, 0.2) is 21.5 Å². The number of sulfonamides is 1. The van der Waals surface area contributed by atoms with Gasteiger partial charge in [-0.3, -0.25) is 0 Å². The zero-order chi connectivity index (χ0) is 16.6. The summed E-state index contributed by atoms with van der Waals surface area (Å²) < 4.78 is 27.3. The monoisotopic (exact) mass is 377 g/mol. The van der Waals surface area contributed by atoms with Gasteiger partial charge in [-0.05, 0) is 60.8 Å². The predicted molar refractivity (Wildman–Crippen MR) is 85.2 cm³/mol. The molecule has 0 saturated heterocycles. The first kappa shape index (κ1) is 18.1. The molecular weight excluding hydrogens is 358 g/mol. The first-order chi connectivity index (χ1) is 9.45. The van der Waals surface area contributed by atoms with E-state index in [1.165, 1.54) is 23.5 Å². The van der Waals surface area contributed by atoms with E-state index in [1.807, 2.05) is 20.8 Å². The Morgan fingerprint density at radius 3 is 2.33 bits per heavy atom. The van der Waals surface area contributed by atoms with E-state index in [1.54, 1.807) is 6.92 Å². The van der Waals surface area contributed by atoms with E-state index >= 15 is 0 Å². The largest absolute Gasteiger partial charge is 0.478 e. The first-order valence-corrected chi connectivity index (χ1v) is 8.71. The maximum atomic E-state index is 12.8. The number of carbonyl (C=O) groups is 1. The molecule has 7 heteroatoms. The molecule has 5 nitrogen and oxygen atoms in total. The number of hydrogen-bond acceptors (Lipinski definition) is 3. The summed E-state index contributed by atoms with van der Waals surface area (Å²) in [5.41, 5.74) is -0.0426. The van der Waals surface area contributed by atoms with Gasteiger partial charge >= 0.3 is 5.97 Å². The van der Waals surface area contributed by atoms with E-state index in [0.717, 1.165) is 0 Å². The Kier molecular flexibility index (Phi) is 5.23. The Labute approximate surface area is 134 Å². The smallest absolute Gasteiger partial charge is 0.335 e. The van der Waals surface area contributed by atoms with Crippen molar-refractivity contribution in [2.24, 2.45) is 0 Å². The van der Waals surface area contributed by atoms with Crippen LogP contribution >= 0.6 is 15.9 Å². The molecule has 0 saturated carbocycles. The molecule has 0 bridgehead atoms. The van der Waals surface area contributed by atoms with Crippen LogP contribution in [-0.4, -0.2) is 36.4 Å². The van der Waals surface area contributed by atoms with Crippen LogP contribution in [0, 0.1) is 6.92 Å². The van der Waals surface area contributed by atoms with E-state index in [-0.39, 0.29) is 10.5 Å². The van der Waals surface area contributed by atoms with Gasteiger partial charge < -0.3 is 5.11 Å². The van der Waals surface area contributed by atoms with Crippen molar-refractivity contribution in [2.75, 3.05) is 7.05 Å². The fourth-order valence-electron chi connectivity index (χ4n) is 1.74. The van der Waals surface area contributed by atoms with Crippen LogP contribution in [0.4, 0.5) is 0 Å². The molecule has 1 aromatic rings. The Morgan fingerprint density at radius 1 is 1.38 bits per heavy atom. The predicted octanol–water partition coefficient (Wildman–Crippen LogP) is 3.26. The van der Waals surface area contributed by atoms with Crippen molar-refractivity contribution in [2.45, 2.75) is 44.6 Å². The van der Waals surface area contributed by atoms with Gasteiger partial charge in [0.1, 0.15) is 0 Å². The van der Waals surface area contributed by atoms with Gasteiger partial charge in [-0.15, -0.1) is 0 Å². The molecule has 21 heavy (non-hydrogen) atoms. The van der Waals surface area contributed by atoms with Crippen LogP contribution in [0.5, 0.6) is 0 Å². The second-order valence-electron chi connectivity index (χ2n) is 5.55. The van der Waals surface area contributed by atoms with Crippen LogP contribution in [0.2, 0.25) is 0 Å². The first-order valence-electron chi connectivity index (χ1n) is 6.47. The Morgan fingerprint density at radius 2 is 1.90 bits per heavy atom. The molecule has 0 spiro atoms. The number of nitrogens with zero attached hydrogens (tertiary/aromatic N) is 1. The van der Waals surface area contributed by atoms with Crippen molar-refractivity contribution < 1.29 is 18.3 Å². The fraction of sp³-hybridized carbons (Fsp3) is 0.500. The maximum Gasteiger partial charge on any atom is 0.335 e. The van der Waals surface area contributed by atoms with Gasteiger partial charge in [0.25, 0.3) is 0 Å². The van der Waals surface area contributed by atoms with Crippen LogP contribution < -0.4 is 0 Å². The van der Waals surface area contributed by atoms with Crippen molar-refractivity contribution >= 4 is 31.9 Å². The van der Waals surface area contributed by atoms with Crippen LogP contribution in [0.3, 0.4) is 0 Å². The van der Waals surface area contributed by atoms with Crippen LogP contribution in [0.25, 0.3) is 0 Å². The maximum absolute atomic E-state index is 12.8. The molecule has 0 radical (unpaired) electrons. The average Bonchev–Trinajstić information content (AvgIpc) is 2.40. The highest BCUT2D eigenvalue weighted by molar-refractivity contribution is 9.10. The molecule has 118 valence electrons. The number of halogens is 1. The molecular formula is C14H20BrNO4S. The molecule has 1 aromatic carbocycles. The topological polar surface area (TPSA) is 74.7 Å². The second-order valence-corrected chi connectivity index (χ2v) is 8.28. The highest BCUT2D eigenvalue weighted by Crippen LogP contribution is 2.32. The minimum Gasteiger partial charge on any atom is -0.478 e. The third-order valence-electron chi connectivity index (χ3n) is 3.82. The van der Waals surface area contributed by atoms with Gasteiger partial charge in [0.2, 0.25) is 10.0 Å². The van der Waals surface area contributed by atoms with Gasteiger partial charge in [0.15, 0.2) is 0 Å². The number of hydrogen-bond donors (Lipinski definition) is 1. The standard InChI is InChI=1S/C14H20BrNO4S/c1-6-14(3,4)16(5)21(19,20)11-8-10(13(17)18)7-9(2)12(11)15/h7-8H,6H2,1-5H3,(H,17,18). The number of aryl methyl sites for hydroxylation is 1. The Bertz CT molecular complexity index is 668. The molecule has 0 fully saturated rings. The Balaban J connectivity index is 3.55. The summed E-state index contributed by atoms with van der Waals surface area (Å²) in [4.78, 5) is 11.1. The molecule has 0 atom stereocenters. The zero-order valence-corrected chi connectivity index (χ0v) is 15.2. The third kappa shape index (κ3) is 3.46. The lowest BCUT2D eigenvalue weighted by molar-refractivity contribution is 0.0696. The van der Waals surface area contributed by atoms with Crippen molar-refractivity contribution in [1.82, 2.24) is 4.31 Å². The van der Waals surface area contributed by atoms with Crippen LogP contribution in [0.1, 0.15) is 43.1 Å². The van der Waals surface area contributed by atoms with Crippen molar-refractivity contribution in [3.63, 3.8) is 0 Å². The minimum absolute atomic E-state index is 0.0241. The van der Waals surface area contributed by atoms with Crippen molar-refractivity contribution in [3.8, 4) is 0 Å². The summed E-state index contributed by atoms with van der Waals surface area (Å²) in [5.74, 6) is -1.15. The quantitative estimate of drug-likeness (QED) is 0.854. The van der Waals surface area contributed by atoms with Gasteiger partial charge in [0.05, 0.1) is 10.5 Å². The molecule has 0 aromatic heterocycles. The molecule has 1 rings (SSSR count). The highest BCUT2D eigenvalue weighted by atomic mass is 79.9. The lowest BCUT2D eigenvalue weighted by Crippen LogP contribution is -2.44. The van der Waals surface area contributed by atoms with E-state index < -0.39 is 21.5 Å². The van der Waals surface area contributed by atoms with Crippen molar-refractivity contribution in [3.05, 3.63) is 27.7 Å². The number of rotatable bonds is 5. The summed E-state index contributed by atoms with van der Waals surface area (Å²) in [6, 6.07) is 2.63. The summed E-state index contributed by atoms with van der Waals surface area (Å²) >= 11 is 3.26. The SMILES string of the molecule is CCC(C)(C)N(C)S(=O)(=O)c1cc(C(=O)O)cc(C)c1Br. The molecule has 0 aliphatic heterocycles. The highest BCUT2D eigenvalue weighted by Gasteiger charge is 2.34. The van der Waals surface area contributed by atoms with E-state index in [9.17, 15) is 13.2 Å². The average molecular weight is 378 g/mol. The minimum atomic E-state index is -3.79. The molecule has 0 aliphatic rings. The molecule has 1 N–H and O–H groups in total. The second kappa shape index (κ2) is 6.06. The summed E-state index contributed by atoms with van der Waals surface area (Å²) in [6.07, 6.45) is 0.637. The molecule has 0 amide bonds. The number of aromatic carboxylic acids is 1. The van der Waals surface area contributed by atoms with E-state index in [2.05, 4.69) is 15.9 Å². The number of carboxylic acids is 1. The number of carboxylic acid groups (broad SMARTS) is 1. The molecule has 0 aliphatic carbocycles. The van der Waals surface area contributed by atoms with Gasteiger partial charge in [0, 0.05) is 17.1 Å². The Hall–Kier alpha value is -0.920. The number of benzene rings is 1. The van der Waals surface area contributed by atoms with E-state index in [0.29, 0.717) is 16.5 Å². The lowest BCUT2D eigenvalue weighted by Gasteiger charge is -2.34. The summed E-state index contributed by atoms with van der Waals surface area (Å²) in [5, 5.41) is 9.11. The third-order valence-corrected chi connectivity index (χ3v) is 7.23. The lowest BCUT2D eigenvalue weighted by atomic mass is 10.0.